The van der Waals surface area contributed by atoms with Crippen molar-refractivity contribution in [3.05, 3.63) is 89.0 Å². The quantitative estimate of drug-likeness (QED) is 0.276. The van der Waals surface area contributed by atoms with Gasteiger partial charge in [0.05, 0.1) is 0 Å². The van der Waals surface area contributed by atoms with Gasteiger partial charge in [-0.05, 0) is 96.0 Å². The first-order chi connectivity index (χ1) is 18.0. The molecule has 0 spiro atoms. The van der Waals surface area contributed by atoms with Crippen LogP contribution >= 0.6 is 0 Å². The van der Waals surface area contributed by atoms with Crippen LogP contribution in [0.15, 0.2) is 18.2 Å². The van der Waals surface area contributed by atoms with Crippen molar-refractivity contribution < 1.29 is 52.4 Å². The molecule has 0 aliphatic heterocycles. The van der Waals surface area contributed by atoms with E-state index in [9.17, 15) is 0 Å². The Kier molecular flexibility index (Phi) is 45.5. The van der Waals surface area contributed by atoms with Crippen LogP contribution in [0.2, 0.25) is 0 Å². The predicted molar refractivity (Wildman–Crippen MR) is 219 cm³/mol. The minimum atomic E-state index is 0. The summed E-state index contributed by atoms with van der Waals surface area (Å²) in [6.45, 7) is 24.0. The van der Waals surface area contributed by atoms with Crippen molar-refractivity contribution in [2.75, 3.05) is 0 Å². The fourth-order valence-corrected chi connectivity index (χ4v) is 8.57. The minimum absolute atomic E-state index is 0. The molecule has 48 heavy (non-hydrogen) atoms. The first-order valence-electron chi connectivity index (χ1n) is 17.0. The fourth-order valence-electron chi connectivity index (χ4n) is 8.57. The van der Waals surface area contributed by atoms with Crippen LogP contribution in [-0.4, -0.2) is 4.98 Å². The maximum atomic E-state index is 4.90. The Hall–Kier alpha value is 0.916. The minimum Gasteiger partial charge on any atom is -0.358 e. The van der Waals surface area contributed by atoms with Gasteiger partial charge in [0.25, 0.3) is 0 Å². The summed E-state index contributed by atoms with van der Waals surface area (Å²) >= 11 is 0. The Morgan fingerprint density at radius 2 is 0.583 bits per heavy atom. The van der Waals surface area contributed by atoms with E-state index in [1.807, 2.05) is 0 Å². The Morgan fingerprint density at radius 3 is 0.771 bits per heavy atom. The van der Waals surface area contributed by atoms with Gasteiger partial charge in [0.2, 0.25) is 0 Å². The number of hydrogen-bond acceptors (Lipinski definition) is 1. The van der Waals surface area contributed by atoms with E-state index in [1.54, 1.807) is 0 Å². The summed E-state index contributed by atoms with van der Waals surface area (Å²) in [5.41, 5.74) is 2.69. The molecule has 4 fully saturated rings. The van der Waals surface area contributed by atoms with Gasteiger partial charge in [-0.25, -0.2) is 0 Å². The van der Waals surface area contributed by atoms with Crippen LogP contribution in [0.1, 0.15) is 132 Å². The van der Waals surface area contributed by atoms with Crippen molar-refractivity contribution in [1.82, 2.24) is 4.98 Å². The largest absolute Gasteiger partial charge is 4.00 e. The molecule has 5 rings (SSSR count). The summed E-state index contributed by atoms with van der Waals surface area (Å²) < 4.78 is 0. The van der Waals surface area contributed by atoms with Gasteiger partial charge in [-0.15, -0.1) is 0 Å². The van der Waals surface area contributed by atoms with Crippen LogP contribution in [-0.2, 0) is 65.2 Å². The number of hydrogen-bond donors (Lipinski definition) is 0. The Balaban J connectivity index is -0.0000000795. The third-order valence-electron chi connectivity index (χ3n) is 13.1. The van der Waals surface area contributed by atoms with Gasteiger partial charge in [-0.1, -0.05) is 127 Å². The molecule has 0 atom stereocenters. The second-order valence-electron chi connectivity index (χ2n) is 14.9. The average Bonchev–Trinajstić information content (AvgIpc) is 3.69. The second kappa shape index (κ2) is 32.6. The van der Waals surface area contributed by atoms with Gasteiger partial charge in [-0.3, -0.25) is 4.98 Å². The standard InChI is InChI=1S/C17H25N.2C10H20.8CH3.2Zr/c1-2-7-14(6-1)12-16-10-5-11-17(18-16)13-15-8-3-4-9-15;2*1-6-7(2)9(4)10(5)8(6)3;;;;;;;;;;/h5,10-11,14-15H,1-4,6-9,12-13H2;2*6-10H,1-5H3;8*1H3;;/q;;;8*-1;2*+4. The Morgan fingerprint density at radius 1 is 0.396 bits per heavy atom. The molecule has 4 saturated carbocycles. The molecule has 1 heterocycles. The average molecular weight is 827 g/mol. The smallest absolute Gasteiger partial charge is 0.358 e. The van der Waals surface area contributed by atoms with Crippen molar-refractivity contribution >= 4 is 0 Å². The van der Waals surface area contributed by atoms with Gasteiger partial charge >= 0.3 is 52.4 Å². The van der Waals surface area contributed by atoms with E-state index in [2.05, 4.69) is 87.4 Å². The van der Waals surface area contributed by atoms with Crippen molar-refractivity contribution in [3.63, 3.8) is 0 Å². The molecule has 3 heteroatoms. The normalized spacial score (nSPS) is 31.3. The molecule has 1 aromatic rings. The number of rotatable bonds is 4. The molecular formula is C45H89NZr2. The van der Waals surface area contributed by atoms with Gasteiger partial charge in [-0.2, -0.15) is 0 Å². The van der Waals surface area contributed by atoms with Crippen molar-refractivity contribution in [3.8, 4) is 0 Å². The van der Waals surface area contributed by atoms with E-state index in [-0.39, 0.29) is 112 Å². The summed E-state index contributed by atoms with van der Waals surface area (Å²) in [6, 6.07) is 6.69. The fraction of sp³-hybridized carbons (Fsp3) is 0.711. The molecular weight excluding hydrogens is 737 g/mol. The van der Waals surface area contributed by atoms with Crippen LogP contribution in [0.4, 0.5) is 0 Å². The molecule has 282 valence electrons. The molecule has 0 saturated heterocycles. The first-order valence-corrected chi connectivity index (χ1v) is 17.0. The van der Waals surface area contributed by atoms with Crippen LogP contribution in [0.25, 0.3) is 0 Å². The number of aromatic nitrogens is 1. The monoisotopic (exact) mass is 824 g/mol. The van der Waals surface area contributed by atoms with Gasteiger partial charge in [0, 0.05) is 11.4 Å². The molecule has 4 aliphatic carbocycles. The Bertz CT molecular complexity index is 662. The van der Waals surface area contributed by atoms with Crippen LogP contribution in [0, 0.1) is 130 Å². The summed E-state index contributed by atoms with van der Waals surface area (Å²) in [6.07, 6.45) is 13.9. The number of nitrogens with zero attached hydrogens (tertiary/aromatic N) is 1. The summed E-state index contributed by atoms with van der Waals surface area (Å²) in [7, 11) is 0. The Labute approximate surface area is 348 Å². The van der Waals surface area contributed by atoms with E-state index < -0.39 is 0 Å². The zero-order valence-electron chi connectivity index (χ0n) is 36.2. The van der Waals surface area contributed by atoms with E-state index in [4.69, 9.17) is 4.98 Å². The SMILES string of the molecule is CC1C(C)C(C)C(C)C1C.CC1C(C)C(C)C(C)C1C.[CH3-].[CH3-].[CH3-].[CH3-].[CH3-].[CH3-].[CH3-].[CH3-].[Zr+4].[Zr+4].c1cc(CC2CCCC2)nc(CC2CCCC2)c1. The molecule has 0 amide bonds. The van der Waals surface area contributed by atoms with Gasteiger partial charge in [0.1, 0.15) is 0 Å². The molecule has 4 aliphatic rings. The van der Waals surface area contributed by atoms with Crippen LogP contribution in [0.5, 0.6) is 0 Å². The maximum absolute atomic E-state index is 4.90. The van der Waals surface area contributed by atoms with E-state index in [0.717, 1.165) is 71.0 Å². The molecule has 0 bridgehead atoms. The predicted octanol–water partition coefficient (Wildman–Crippen LogP) is 14.5. The third-order valence-corrected chi connectivity index (χ3v) is 13.1. The molecule has 1 aromatic heterocycles. The van der Waals surface area contributed by atoms with Gasteiger partial charge < -0.3 is 59.4 Å². The second-order valence-corrected chi connectivity index (χ2v) is 14.9. The summed E-state index contributed by atoms with van der Waals surface area (Å²) in [5.74, 6) is 11.2. The van der Waals surface area contributed by atoms with Crippen molar-refractivity contribution in [2.24, 2.45) is 71.0 Å². The zero-order valence-corrected chi connectivity index (χ0v) is 41.1. The zero-order chi connectivity index (χ0) is 28.0. The summed E-state index contributed by atoms with van der Waals surface area (Å²) in [5, 5.41) is 0. The van der Waals surface area contributed by atoms with Crippen molar-refractivity contribution in [2.45, 2.75) is 133 Å². The molecule has 1 nitrogen and oxygen atoms in total. The molecule has 0 unspecified atom stereocenters. The summed E-state index contributed by atoms with van der Waals surface area (Å²) in [4.78, 5) is 4.90. The topological polar surface area (TPSA) is 12.9 Å². The van der Waals surface area contributed by atoms with Crippen molar-refractivity contribution in [1.29, 1.82) is 0 Å². The number of pyridine rings is 1. The first kappa shape index (κ1) is 67.1. The van der Waals surface area contributed by atoms with Crippen LogP contribution in [0.3, 0.4) is 0 Å². The van der Waals surface area contributed by atoms with E-state index in [0.29, 0.717) is 0 Å². The molecule has 0 aromatic carbocycles. The molecule has 0 N–H and O–H groups in total. The molecule has 0 radical (unpaired) electrons. The van der Waals surface area contributed by atoms with Crippen LogP contribution < -0.4 is 0 Å². The van der Waals surface area contributed by atoms with E-state index >= 15 is 0 Å². The maximum Gasteiger partial charge on any atom is 4.00 e. The third kappa shape index (κ3) is 18.6. The van der Waals surface area contributed by atoms with E-state index in [1.165, 1.54) is 75.6 Å². The van der Waals surface area contributed by atoms with Gasteiger partial charge in [0.15, 0.2) is 0 Å².